The second-order valence-corrected chi connectivity index (χ2v) is 15.5. The highest BCUT2D eigenvalue weighted by Gasteiger charge is 2.32. The maximum Gasteiger partial charge on any atom is 0.165 e. The van der Waals surface area contributed by atoms with Crippen LogP contribution in [0.4, 0.5) is 0 Å². The Bertz CT molecular complexity index is 1030. The average molecular weight is 462 g/mol. The van der Waals surface area contributed by atoms with Gasteiger partial charge < -0.3 is 19.9 Å². The van der Waals surface area contributed by atoms with Crippen LogP contribution in [0.3, 0.4) is 0 Å². The van der Waals surface area contributed by atoms with Crippen molar-refractivity contribution < 1.29 is 14.6 Å². The normalized spacial score (nSPS) is 17.9. The molecule has 4 nitrogen and oxygen atoms in total. The van der Waals surface area contributed by atoms with Crippen LogP contribution in [0.1, 0.15) is 34.8 Å². The molecule has 4 rings (SSSR count). The van der Waals surface area contributed by atoms with Gasteiger partial charge in [0.15, 0.2) is 11.5 Å². The Kier molecular flexibility index (Phi) is 7.53. The molecule has 5 heteroatoms. The average Bonchev–Trinajstić information content (AvgIpc) is 2.82. The van der Waals surface area contributed by atoms with E-state index in [0.29, 0.717) is 13.2 Å². The maximum absolute atomic E-state index is 11.2. The molecule has 3 aromatic carbocycles. The van der Waals surface area contributed by atoms with Crippen LogP contribution in [0.5, 0.6) is 11.5 Å². The molecule has 1 aliphatic carbocycles. The van der Waals surface area contributed by atoms with Crippen molar-refractivity contribution in [1.82, 2.24) is 5.32 Å². The summed E-state index contributed by atoms with van der Waals surface area (Å²) in [4.78, 5) is 0. The first-order chi connectivity index (χ1) is 15.9. The van der Waals surface area contributed by atoms with Gasteiger partial charge >= 0.3 is 0 Å². The van der Waals surface area contributed by atoms with E-state index in [9.17, 15) is 5.11 Å². The summed E-state index contributed by atoms with van der Waals surface area (Å²) in [5, 5.41) is 14.8. The van der Waals surface area contributed by atoms with E-state index in [4.69, 9.17) is 9.47 Å². The van der Waals surface area contributed by atoms with Gasteiger partial charge in [0.1, 0.15) is 13.2 Å². The monoisotopic (exact) mass is 461 g/mol. The molecule has 0 bridgehead atoms. The number of aliphatic hydroxyl groups excluding tert-OH is 1. The lowest BCUT2D eigenvalue weighted by molar-refractivity contribution is 0.116. The van der Waals surface area contributed by atoms with Crippen molar-refractivity contribution >= 4 is 8.07 Å². The quantitative estimate of drug-likeness (QED) is 0.404. The van der Waals surface area contributed by atoms with Gasteiger partial charge in [-0.1, -0.05) is 86.4 Å². The van der Waals surface area contributed by atoms with E-state index in [-0.39, 0.29) is 6.04 Å². The Morgan fingerprint density at radius 2 is 1.45 bits per heavy atom. The van der Waals surface area contributed by atoms with Crippen molar-refractivity contribution in [3.05, 3.63) is 95.1 Å². The van der Waals surface area contributed by atoms with Crippen LogP contribution >= 0.6 is 0 Å². The van der Waals surface area contributed by atoms with Gasteiger partial charge in [-0.25, -0.2) is 0 Å². The zero-order chi connectivity index (χ0) is 23.3. The van der Waals surface area contributed by atoms with Gasteiger partial charge in [0.05, 0.1) is 14.2 Å². The van der Waals surface area contributed by atoms with E-state index in [0.717, 1.165) is 52.8 Å². The second-order valence-electron chi connectivity index (χ2n) is 10.0. The van der Waals surface area contributed by atoms with Gasteiger partial charge in [-0.3, -0.25) is 0 Å². The number of benzene rings is 3. The van der Waals surface area contributed by atoms with Gasteiger partial charge in [0.2, 0.25) is 0 Å². The molecular weight excluding hydrogens is 426 g/mol. The number of hydrogen-bond donors (Lipinski definition) is 2. The third-order valence-electron chi connectivity index (χ3n) is 6.02. The highest BCUT2D eigenvalue weighted by Crippen LogP contribution is 2.42. The zero-order valence-electron chi connectivity index (χ0n) is 19.9. The van der Waals surface area contributed by atoms with Gasteiger partial charge in [-0.05, 0) is 41.8 Å². The van der Waals surface area contributed by atoms with Crippen molar-refractivity contribution in [1.29, 1.82) is 0 Å². The number of aliphatic hydroxyl groups is 1. The first-order valence-corrected chi connectivity index (χ1v) is 15.5. The highest BCUT2D eigenvalue weighted by atomic mass is 28.3. The van der Waals surface area contributed by atoms with Crippen LogP contribution in [-0.2, 0) is 19.6 Å². The minimum absolute atomic E-state index is 0.0716. The fraction of sp³-hybridized carbons (Fsp3) is 0.357. The summed E-state index contributed by atoms with van der Waals surface area (Å²) < 4.78 is 12.6. The van der Waals surface area contributed by atoms with Crippen molar-refractivity contribution in [3.8, 4) is 11.5 Å². The first kappa shape index (κ1) is 23.6. The molecule has 0 amide bonds. The molecule has 0 aromatic heterocycles. The molecule has 33 heavy (non-hydrogen) atoms. The number of rotatable bonds is 9. The number of hydrogen-bond acceptors (Lipinski definition) is 4. The van der Waals surface area contributed by atoms with Crippen LogP contribution < -0.4 is 14.8 Å². The third kappa shape index (κ3) is 6.25. The van der Waals surface area contributed by atoms with Crippen molar-refractivity contribution in [3.63, 3.8) is 0 Å². The Balaban J connectivity index is 1.58. The summed E-state index contributed by atoms with van der Waals surface area (Å²) in [6.45, 7) is 7.97. The summed E-state index contributed by atoms with van der Waals surface area (Å²) in [6.07, 6.45) is 2.18. The van der Waals surface area contributed by atoms with E-state index in [2.05, 4.69) is 49.2 Å². The number of fused-ring (bicyclic) bond motifs is 1. The molecule has 1 aliphatic rings. The van der Waals surface area contributed by atoms with Crippen LogP contribution in [0.2, 0.25) is 19.6 Å². The van der Waals surface area contributed by atoms with Crippen LogP contribution in [0.25, 0.3) is 0 Å². The molecular formula is C28H35NO3Si. The SMILES string of the molecule is C[Si](C)(C)CN[C@@H]1CCc2c(ccc(OCc3ccccc3)c2OCc2ccccc2)[C@H]1O. The van der Waals surface area contributed by atoms with Gasteiger partial charge in [0.25, 0.3) is 0 Å². The smallest absolute Gasteiger partial charge is 0.165 e. The van der Waals surface area contributed by atoms with Crippen LogP contribution in [-0.4, -0.2) is 25.4 Å². The molecule has 2 N–H and O–H groups in total. The number of nitrogens with one attached hydrogen (secondary N) is 1. The maximum atomic E-state index is 11.2. The third-order valence-corrected chi connectivity index (χ3v) is 7.29. The molecule has 0 saturated heterocycles. The van der Waals surface area contributed by atoms with E-state index in [1.165, 1.54) is 0 Å². The van der Waals surface area contributed by atoms with Crippen LogP contribution in [0, 0.1) is 0 Å². The standard InChI is InChI=1S/C28H35NO3Si/c1-33(2,3)20-29-25-16-14-24-23(27(25)30)15-17-26(31-18-21-10-6-4-7-11-21)28(24)32-19-22-12-8-5-9-13-22/h4-13,15,17,25,27,29-30H,14,16,18-20H2,1-3H3/t25-,27-/m1/s1. The minimum atomic E-state index is -1.24. The molecule has 0 aliphatic heterocycles. The molecule has 2 atom stereocenters. The van der Waals surface area contributed by atoms with E-state index < -0.39 is 14.2 Å². The minimum Gasteiger partial charge on any atom is -0.485 e. The Labute approximate surface area is 198 Å². The summed E-state index contributed by atoms with van der Waals surface area (Å²) in [5.74, 6) is 1.49. The van der Waals surface area contributed by atoms with E-state index >= 15 is 0 Å². The molecule has 0 heterocycles. The van der Waals surface area contributed by atoms with E-state index in [1.807, 2.05) is 48.5 Å². The fourth-order valence-electron chi connectivity index (χ4n) is 4.22. The van der Waals surface area contributed by atoms with Crippen molar-refractivity contribution in [2.75, 3.05) is 6.17 Å². The second kappa shape index (κ2) is 10.6. The number of ether oxygens (including phenoxy) is 2. The Morgan fingerprint density at radius 3 is 2.06 bits per heavy atom. The highest BCUT2D eigenvalue weighted by molar-refractivity contribution is 6.76. The molecule has 174 valence electrons. The summed E-state index contributed by atoms with van der Waals surface area (Å²) >= 11 is 0. The molecule has 0 spiro atoms. The van der Waals surface area contributed by atoms with Crippen LogP contribution in [0.15, 0.2) is 72.8 Å². The lowest BCUT2D eigenvalue weighted by Gasteiger charge is -2.34. The largest absolute Gasteiger partial charge is 0.485 e. The molecule has 3 aromatic rings. The lowest BCUT2D eigenvalue weighted by atomic mass is 9.85. The predicted octanol–water partition coefficient (Wildman–Crippen LogP) is 5.66. The fourth-order valence-corrected chi connectivity index (χ4v) is 5.09. The van der Waals surface area contributed by atoms with Gasteiger partial charge in [-0.15, -0.1) is 0 Å². The Morgan fingerprint density at radius 1 is 0.848 bits per heavy atom. The molecule has 0 unspecified atom stereocenters. The van der Waals surface area contributed by atoms with Gasteiger partial charge in [-0.2, -0.15) is 0 Å². The van der Waals surface area contributed by atoms with Crippen molar-refractivity contribution in [2.24, 2.45) is 0 Å². The summed E-state index contributed by atoms with van der Waals surface area (Å²) in [7, 11) is -1.24. The van der Waals surface area contributed by atoms with E-state index in [1.54, 1.807) is 0 Å². The Hall–Kier alpha value is -2.60. The lowest BCUT2D eigenvalue weighted by Crippen LogP contribution is -2.46. The molecule has 0 radical (unpaired) electrons. The summed E-state index contributed by atoms with van der Waals surface area (Å²) in [6, 6.07) is 24.3. The first-order valence-electron chi connectivity index (χ1n) is 11.8. The molecule has 0 fully saturated rings. The van der Waals surface area contributed by atoms with Gasteiger partial charge in [0, 0.05) is 11.6 Å². The summed E-state index contributed by atoms with van der Waals surface area (Å²) in [5.41, 5.74) is 4.23. The van der Waals surface area contributed by atoms with Crippen molar-refractivity contribution in [2.45, 2.75) is 57.8 Å². The molecule has 0 saturated carbocycles. The zero-order valence-corrected chi connectivity index (χ0v) is 20.9. The topological polar surface area (TPSA) is 50.7 Å². The predicted molar refractivity (Wildman–Crippen MR) is 136 cm³/mol.